The van der Waals surface area contributed by atoms with Crippen molar-refractivity contribution in [2.24, 2.45) is 0 Å². The highest BCUT2D eigenvalue weighted by molar-refractivity contribution is 5.83. The highest BCUT2D eigenvalue weighted by atomic mass is 16.7. The first-order valence-corrected chi connectivity index (χ1v) is 17.1. The van der Waals surface area contributed by atoms with Crippen molar-refractivity contribution < 1.29 is 24.2 Å². The Labute approximate surface area is 284 Å². The minimum Gasteiger partial charge on any atom is -0.392 e. The van der Waals surface area contributed by atoms with Gasteiger partial charge in [-0.05, 0) is 65.9 Å². The van der Waals surface area contributed by atoms with Gasteiger partial charge in [0.2, 0.25) is 11.8 Å². The van der Waals surface area contributed by atoms with Crippen LogP contribution in [0.3, 0.4) is 0 Å². The molecule has 1 saturated heterocycles. The molecule has 4 aromatic rings. The molecule has 8 nitrogen and oxygen atoms in total. The van der Waals surface area contributed by atoms with Gasteiger partial charge in [0.25, 0.3) is 0 Å². The quantitative estimate of drug-likeness (QED) is 0.121. The number of amides is 2. The van der Waals surface area contributed by atoms with Crippen LogP contribution >= 0.6 is 0 Å². The van der Waals surface area contributed by atoms with Gasteiger partial charge in [-0.2, -0.15) is 0 Å². The summed E-state index contributed by atoms with van der Waals surface area (Å²) in [6, 6.07) is 31.3. The molecular formula is C40H49N3O5. The molecule has 0 radical (unpaired) electrons. The van der Waals surface area contributed by atoms with Gasteiger partial charge in [-0.25, -0.2) is 0 Å². The number of carbonyl (C=O) groups excluding carboxylic acids is 2. The lowest BCUT2D eigenvalue weighted by atomic mass is 9.98. The zero-order valence-electron chi connectivity index (χ0n) is 28.4. The third-order valence-corrected chi connectivity index (χ3v) is 9.22. The number of nitrogens with zero attached hydrogens (tertiary/aromatic N) is 1. The zero-order chi connectivity index (χ0) is 33.9. The first-order valence-electron chi connectivity index (χ1n) is 17.1. The molecule has 1 fully saturated rings. The number of hydrogen-bond donors (Lipinski definition) is 3. The van der Waals surface area contributed by atoms with Crippen LogP contribution in [-0.4, -0.2) is 48.1 Å². The third kappa shape index (κ3) is 9.97. The van der Waals surface area contributed by atoms with Crippen molar-refractivity contribution in [3.63, 3.8) is 0 Å². The number of ether oxygens (including phenoxy) is 2. The standard InChI is InChI=1S/C40H49N3O5/c1-28(35-21-20-32-9-6-7-10-36(32)23-35)43(3)26-37-24-38(33-16-14-31(27-44)15-17-33)48-40(47-37)34-18-12-30(13-19-34)25-42-39(46)11-5-4-8-22-41-29(2)45/h6-7,9-10,12-21,23,28,37-38,40,44H,4-5,8,11,22,24-27H2,1-3H3,(H,41,45)(H,42,46). The lowest BCUT2D eigenvalue weighted by Gasteiger charge is -2.39. The number of nitrogens with one attached hydrogen (secondary N) is 2. The van der Waals surface area contributed by atoms with Gasteiger partial charge in [-0.15, -0.1) is 0 Å². The fraction of sp³-hybridized carbons (Fsp3) is 0.400. The largest absolute Gasteiger partial charge is 0.392 e. The molecule has 48 heavy (non-hydrogen) atoms. The van der Waals surface area contributed by atoms with Crippen LogP contribution < -0.4 is 10.6 Å². The van der Waals surface area contributed by atoms with Crippen molar-refractivity contribution >= 4 is 22.6 Å². The van der Waals surface area contributed by atoms with Crippen LogP contribution in [0.5, 0.6) is 0 Å². The van der Waals surface area contributed by atoms with E-state index in [1.165, 1.54) is 23.3 Å². The van der Waals surface area contributed by atoms with Gasteiger partial charge in [-0.3, -0.25) is 14.5 Å². The molecule has 0 spiro atoms. The minimum absolute atomic E-state index is 0.00432. The Morgan fingerprint density at radius 2 is 1.56 bits per heavy atom. The van der Waals surface area contributed by atoms with E-state index in [0.717, 1.165) is 48.1 Å². The van der Waals surface area contributed by atoms with Crippen LogP contribution in [0.15, 0.2) is 91.0 Å². The number of aliphatic hydroxyl groups is 1. The number of hydrogen-bond acceptors (Lipinski definition) is 6. The van der Waals surface area contributed by atoms with E-state index in [2.05, 4.69) is 72.0 Å². The Morgan fingerprint density at radius 1 is 0.854 bits per heavy atom. The van der Waals surface area contributed by atoms with E-state index in [4.69, 9.17) is 9.47 Å². The van der Waals surface area contributed by atoms with Crippen LogP contribution in [0.2, 0.25) is 0 Å². The molecule has 4 unspecified atom stereocenters. The van der Waals surface area contributed by atoms with E-state index in [1.807, 2.05) is 48.5 Å². The minimum atomic E-state index is -0.545. The molecule has 3 N–H and O–H groups in total. The second-order valence-electron chi connectivity index (χ2n) is 12.9. The first kappa shape index (κ1) is 35.2. The number of likely N-dealkylation sites (N-methyl/N-ethyl adjacent to an activating group) is 1. The average molecular weight is 652 g/mol. The van der Waals surface area contributed by atoms with Crippen molar-refractivity contribution in [1.82, 2.24) is 15.5 Å². The molecule has 1 aliphatic heterocycles. The Kier molecular flexibility index (Phi) is 12.7. The number of fused-ring (bicyclic) bond motifs is 1. The maximum Gasteiger partial charge on any atom is 0.220 e. The Morgan fingerprint density at radius 3 is 2.29 bits per heavy atom. The van der Waals surface area contributed by atoms with E-state index in [-0.39, 0.29) is 36.7 Å². The summed E-state index contributed by atoms with van der Waals surface area (Å²) in [5.74, 6) is 0.00102. The zero-order valence-corrected chi connectivity index (χ0v) is 28.4. The fourth-order valence-corrected chi connectivity index (χ4v) is 6.17. The van der Waals surface area contributed by atoms with Gasteiger partial charge in [0, 0.05) is 51.0 Å². The summed E-state index contributed by atoms with van der Waals surface area (Å²) in [4.78, 5) is 25.7. The predicted octanol–water partition coefficient (Wildman–Crippen LogP) is 6.88. The molecule has 1 aliphatic rings. The van der Waals surface area contributed by atoms with E-state index in [1.54, 1.807) is 0 Å². The van der Waals surface area contributed by atoms with Gasteiger partial charge in [0.1, 0.15) is 0 Å². The van der Waals surface area contributed by atoms with Gasteiger partial charge >= 0.3 is 0 Å². The number of aliphatic hydroxyl groups excluding tert-OH is 1. The van der Waals surface area contributed by atoms with Gasteiger partial charge < -0.3 is 25.2 Å². The predicted molar refractivity (Wildman–Crippen MR) is 189 cm³/mol. The average Bonchev–Trinajstić information content (AvgIpc) is 3.11. The maximum atomic E-state index is 12.4. The molecule has 0 bridgehead atoms. The van der Waals surface area contributed by atoms with Crippen LogP contribution in [0, 0.1) is 0 Å². The van der Waals surface area contributed by atoms with E-state index < -0.39 is 6.29 Å². The molecule has 4 aromatic carbocycles. The molecule has 5 rings (SSSR count). The molecule has 8 heteroatoms. The lowest BCUT2D eigenvalue weighted by Crippen LogP contribution is -2.38. The SMILES string of the molecule is CC(=O)NCCCCCC(=O)NCc1ccc(C2OC(CN(C)C(C)c3ccc4ccccc4c3)CC(c3ccc(CO)cc3)O2)cc1. The topological polar surface area (TPSA) is 100 Å². The molecule has 0 saturated carbocycles. The summed E-state index contributed by atoms with van der Waals surface area (Å²) < 4.78 is 13.2. The second-order valence-corrected chi connectivity index (χ2v) is 12.9. The molecular weight excluding hydrogens is 602 g/mol. The van der Waals surface area contributed by atoms with Crippen molar-refractivity contribution in [2.75, 3.05) is 20.1 Å². The van der Waals surface area contributed by atoms with Crippen LogP contribution in [0.4, 0.5) is 0 Å². The van der Waals surface area contributed by atoms with Crippen molar-refractivity contribution in [3.8, 4) is 0 Å². The fourth-order valence-electron chi connectivity index (χ4n) is 6.17. The number of carbonyl (C=O) groups is 2. The Bertz CT molecular complexity index is 1620. The summed E-state index contributed by atoms with van der Waals surface area (Å²) in [5.41, 5.74) is 5.12. The molecule has 4 atom stereocenters. The van der Waals surface area contributed by atoms with Crippen LogP contribution in [0.1, 0.15) is 92.2 Å². The Hall–Kier alpha value is -4.08. The number of benzene rings is 4. The first-order chi connectivity index (χ1) is 23.3. The molecule has 254 valence electrons. The van der Waals surface area contributed by atoms with Crippen molar-refractivity contribution in [3.05, 3.63) is 119 Å². The third-order valence-electron chi connectivity index (χ3n) is 9.22. The number of rotatable bonds is 15. The molecule has 1 heterocycles. The van der Waals surface area contributed by atoms with Gasteiger partial charge in [0.15, 0.2) is 6.29 Å². The van der Waals surface area contributed by atoms with E-state index >= 15 is 0 Å². The normalized spacial score (nSPS) is 18.5. The highest BCUT2D eigenvalue weighted by Gasteiger charge is 2.33. The van der Waals surface area contributed by atoms with Crippen LogP contribution in [0.25, 0.3) is 10.8 Å². The second kappa shape index (κ2) is 17.4. The van der Waals surface area contributed by atoms with Crippen molar-refractivity contribution in [1.29, 1.82) is 0 Å². The van der Waals surface area contributed by atoms with Gasteiger partial charge in [0.05, 0.1) is 18.8 Å². The summed E-state index contributed by atoms with van der Waals surface area (Å²) in [6.07, 6.45) is 2.96. The lowest BCUT2D eigenvalue weighted by molar-refractivity contribution is -0.253. The molecule has 0 aromatic heterocycles. The van der Waals surface area contributed by atoms with E-state index in [9.17, 15) is 14.7 Å². The highest BCUT2D eigenvalue weighted by Crippen LogP contribution is 2.39. The van der Waals surface area contributed by atoms with Gasteiger partial charge in [-0.1, -0.05) is 91.3 Å². The van der Waals surface area contributed by atoms with E-state index in [0.29, 0.717) is 25.9 Å². The summed E-state index contributed by atoms with van der Waals surface area (Å²) in [6.45, 7) is 5.59. The summed E-state index contributed by atoms with van der Waals surface area (Å²) in [5, 5.41) is 17.8. The monoisotopic (exact) mass is 651 g/mol. The van der Waals surface area contributed by atoms with Crippen molar-refractivity contribution in [2.45, 2.75) is 83.6 Å². The molecule has 0 aliphatic carbocycles. The number of unbranched alkanes of at least 4 members (excludes halogenated alkanes) is 2. The summed E-state index contributed by atoms with van der Waals surface area (Å²) >= 11 is 0. The molecule has 2 amide bonds. The Balaban J connectivity index is 1.21. The summed E-state index contributed by atoms with van der Waals surface area (Å²) in [7, 11) is 2.15. The maximum absolute atomic E-state index is 12.4. The van der Waals surface area contributed by atoms with Crippen LogP contribution in [-0.2, 0) is 32.2 Å². The smallest absolute Gasteiger partial charge is 0.220 e.